The number of hydrogen-bond donors (Lipinski definition) is 1. The summed E-state index contributed by atoms with van der Waals surface area (Å²) in [5, 5.41) is 9.09. The van der Waals surface area contributed by atoms with Crippen LogP contribution in [0.3, 0.4) is 0 Å². The first-order chi connectivity index (χ1) is 4.74. The number of phenolic OH excluding ortho intramolecular Hbond substituents is 1. The molecule has 0 saturated carbocycles. The van der Waals surface area contributed by atoms with Crippen molar-refractivity contribution in [2.24, 2.45) is 0 Å². The van der Waals surface area contributed by atoms with E-state index in [1.165, 1.54) is 0 Å². The van der Waals surface area contributed by atoms with E-state index >= 15 is 0 Å². The number of benzene rings is 1. The van der Waals surface area contributed by atoms with E-state index in [-0.39, 0.29) is 0 Å². The molecule has 10 heavy (non-hydrogen) atoms. The van der Waals surface area contributed by atoms with Crippen molar-refractivity contribution in [1.82, 2.24) is 0 Å². The molecule has 54 valence electrons. The molecule has 0 amide bonds. The van der Waals surface area contributed by atoms with Gasteiger partial charge in [0.05, 0.1) is 3.57 Å². The van der Waals surface area contributed by atoms with Gasteiger partial charge in [0.25, 0.3) is 0 Å². The summed E-state index contributed by atoms with van der Waals surface area (Å²) in [4.78, 5) is 0. The number of hydrogen-bond acceptors (Lipinski definition) is 1. The van der Waals surface area contributed by atoms with Crippen LogP contribution in [-0.2, 0) is 5.88 Å². The fourth-order valence-electron chi connectivity index (χ4n) is 0.634. The van der Waals surface area contributed by atoms with Crippen molar-refractivity contribution in [2.75, 3.05) is 0 Å². The van der Waals surface area contributed by atoms with Crippen LogP contribution in [0.4, 0.5) is 0 Å². The van der Waals surface area contributed by atoms with E-state index in [2.05, 4.69) is 22.6 Å². The second kappa shape index (κ2) is 3.44. The summed E-state index contributed by atoms with van der Waals surface area (Å²) in [5.74, 6) is 0.811. The van der Waals surface area contributed by atoms with Crippen LogP contribution >= 0.6 is 34.2 Å². The average Bonchev–Trinajstić information content (AvgIpc) is 1.95. The summed E-state index contributed by atoms with van der Waals surface area (Å²) >= 11 is 7.63. The molecule has 0 heterocycles. The molecule has 0 atom stereocenters. The Morgan fingerprint density at radius 2 is 2.20 bits per heavy atom. The van der Waals surface area contributed by atoms with Crippen LogP contribution in [0.5, 0.6) is 5.75 Å². The second-order valence-electron chi connectivity index (χ2n) is 1.92. The van der Waals surface area contributed by atoms with E-state index in [4.69, 9.17) is 16.7 Å². The van der Waals surface area contributed by atoms with Crippen molar-refractivity contribution in [3.63, 3.8) is 0 Å². The summed E-state index contributed by atoms with van der Waals surface area (Å²) in [5.41, 5.74) is 1.03. The number of rotatable bonds is 1. The zero-order chi connectivity index (χ0) is 7.56. The third-order valence-corrected chi connectivity index (χ3v) is 2.34. The Hall–Kier alpha value is 0.0400. The highest BCUT2D eigenvalue weighted by atomic mass is 127. The molecule has 1 aromatic rings. The average molecular weight is 268 g/mol. The molecular formula is C7H6ClIO. The van der Waals surface area contributed by atoms with Crippen molar-refractivity contribution in [3.8, 4) is 5.75 Å². The predicted molar refractivity (Wildman–Crippen MR) is 50.4 cm³/mol. The first-order valence-electron chi connectivity index (χ1n) is 2.77. The van der Waals surface area contributed by atoms with Gasteiger partial charge in [-0.05, 0) is 40.3 Å². The van der Waals surface area contributed by atoms with Gasteiger partial charge in [0.2, 0.25) is 0 Å². The third kappa shape index (κ3) is 1.76. The molecule has 0 unspecified atom stereocenters. The molecule has 0 fully saturated rings. The van der Waals surface area contributed by atoms with Crippen LogP contribution in [0, 0.1) is 3.57 Å². The third-order valence-electron chi connectivity index (χ3n) is 1.17. The fourth-order valence-corrected chi connectivity index (χ4v) is 1.38. The van der Waals surface area contributed by atoms with Gasteiger partial charge in [-0.15, -0.1) is 11.6 Å². The van der Waals surface area contributed by atoms with Crippen LogP contribution < -0.4 is 0 Å². The number of alkyl halides is 1. The van der Waals surface area contributed by atoms with E-state index in [1.54, 1.807) is 6.07 Å². The maximum absolute atomic E-state index is 9.09. The van der Waals surface area contributed by atoms with Crippen LogP contribution in [0.25, 0.3) is 0 Å². The molecule has 1 rings (SSSR count). The van der Waals surface area contributed by atoms with Gasteiger partial charge in [-0.1, -0.05) is 6.07 Å². The minimum Gasteiger partial charge on any atom is -0.507 e. The Kier molecular flexibility index (Phi) is 2.80. The van der Waals surface area contributed by atoms with Crippen LogP contribution in [0.1, 0.15) is 5.56 Å². The molecule has 0 spiro atoms. The predicted octanol–water partition coefficient (Wildman–Crippen LogP) is 2.74. The molecule has 0 aliphatic rings. The van der Waals surface area contributed by atoms with Crippen molar-refractivity contribution >= 4 is 34.2 Å². The molecule has 0 aliphatic heterocycles. The van der Waals surface area contributed by atoms with Gasteiger partial charge in [-0.2, -0.15) is 0 Å². The molecule has 0 aromatic heterocycles. The lowest BCUT2D eigenvalue weighted by Gasteiger charge is -1.97. The van der Waals surface area contributed by atoms with Gasteiger partial charge in [-0.25, -0.2) is 0 Å². The molecular weight excluding hydrogens is 262 g/mol. The van der Waals surface area contributed by atoms with Crippen molar-refractivity contribution in [3.05, 3.63) is 27.3 Å². The SMILES string of the molecule is Oc1ccc(CCl)cc1I. The lowest BCUT2D eigenvalue weighted by Crippen LogP contribution is -1.79. The Bertz CT molecular complexity index is 237. The van der Waals surface area contributed by atoms with Crippen molar-refractivity contribution < 1.29 is 5.11 Å². The Labute approximate surface area is 78.2 Å². The van der Waals surface area contributed by atoms with E-state index in [9.17, 15) is 0 Å². The summed E-state index contributed by atoms with van der Waals surface area (Å²) in [7, 11) is 0. The molecule has 1 nitrogen and oxygen atoms in total. The maximum Gasteiger partial charge on any atom is 0.128 e. The summed E-state index contributed by atoms with van der Waals surface area (Å²) < 4.78 is 0.843. The van der Waals surface area contributed by atoms with E-state index in [0.717, 1.165) is 9.13 Å². The van der Waals surface area contributed by atoms with Crippen LogP contribution in [0.15, 0.2) is 18.2 Å². The lowest BCUT2D eigenvalue weighted by molar-refractivity contribution is 0.471. The summed E-state index contributed by atoms with van der Waals surface area (Å²) in [6.45, 7) is 0. The summed E-state index contributed by atoms with van der Waals surface area (Å²) in [6, 6.07) is 5.33. The van der Waals surface area contributed by atoms with E-state index in [1.807, 2.05) is 12.1 Å². The van der Waals surface area contributed by atoms with Gasteiger partial charge in [0.1, 0.15) is 5.75 Å². The maximum atomic E-state index is 9.09. The molecule has 3 heteroatoms. The number of halogens is 2. The van der Waals surface area contributed by atoms with Gasteiger partial charge < -0.3 is 5.11 Å². The van der Waals surface area contributed by atoms with E-state index in [0.29, 0.717) is 11.6 Å². The second-order valence-corrected chi connectivity index (χ2v) is 3.35. The highest BCUT2D eigenvalue weighted by Crippen LogP contribution is 2.20. The Balaban J connectivity index is 3.04. The first-order valence-corrected chi connectivity index (χ1v) is 4.38. The Morgan fingerprint density at radius 1 is 1.50 bits per heavy atom. The quantitative estimate of drug-likeness (QED) is 0.613. The number of aromatic hydroxyl groups is 1. The van der Waals surface area contributed by atoms with Crippen LogP contribution in [0.2, 0.25) is 0 Å². The minimum atomic E-state index is 0.314. The van der Waals surface area contributed by atoms with E-state index < -0.39 is 0 Å². The van der Waals surface area contributed by atoms with Gasteiger partial charge in [-0.3, -0.25) is 0 Å². The zero-order valence-electron chi connectivity index (χ0n) is 5.14. The highest BCUT2D eigenvalue weighted by Gasteiger charge is 1.96. The fraction of sp³-hybridized carbons (Fsp3) is 0.143. The van der Waals surface area contributed by atoms with Gasteiger partial charge in [0, 0.05) is 5.88 Å². The molecule has 0 aliphatic carbocycles. The van der Waals surface area contributed by atoms with Crippen molar-refractivity contribution in [2.45, 2.75) is 5.88 Å². The minimum absolute atomic E-state index is 0.314. The summed E-state index contributed by atoms with van der Waals surface area (Å²) in [6.07, 6.45) is 0. The normalized spacial score (nSPS) is 9.80. The topological polar surface area (TPSA) is 20.2 Å². The standard InChI is InChI=1S/C7H6ClIO/c8-4-5-1-2-7(10)6(9)3-5/h1-3,10H,4H2. The van der Waals surface area contributed by atoms with Crippen LogP contribution in [-0.4, -0.2) is 5.11 Å². The molecule has 1 N–H and O–H groups in total. The van der Waals surface area contributed by atoms with Crippen molar-refractivity contribution in [1.29, 1.82) is 0 Å². The molecule has 1 aromatic carbocycles. The van der Waals surface area contributed by atoms with Gasteiger partial charge in [0.15, 0.2) is 0 Å². The molecule has 0 saturated heterocycles. The first kappa shape index (κ1) is 8.14. The highest BCUT2D eigenvalue weighted by molar-refractivity contribution is 14.1. The van der Waals surface area contributed by atoms with Gasteiger partial charge >= 0.3 is 0 Å². The Morgan fingerprint density at radius 3 is 2.70 bits per heavy atom. The number of phenols is 1. The monoisotopic (exact) mass is 268 g/mol. The molecule has 0 radical (unpaired) electrons. The molecule has 0 bridgehead atoms. The zero-order valence-corrected chi connectivity index (χ0v) is 8.06. The lowest BCUT2D eigenvalue weighted by atomic mass is 10.2. The largest absolute Gasteiger partial charge is 0.507 e. The smallest absolute Gasteiger partial charge is 0.128 e.